The van der Waals surface area contributed by atoms with Gasteiger partial charge >= 0.3 is 5.97 Å². The lowest BCUT2D eigenvalue weighted by atomic mass is 10.1. The van der Waals surface area contributed by atoms with E-state index in [0.717, 1.165) is 22.6 Å². The molecule has 0 spiro atoms. The summed E-state index contributed by atoms with van der Waals surface area (Å²) in [4.78, 5) is 23.6. The molecule has 0 aliphatic carbocycles. The van der Waals surface area contributed by atoms with Gasteiger partial charge in [0.15, 0.2) is 6.61 Å². The molecule has 2 aromatic rings. The Morgan fingerprint density at radius 3 is 2.15 bits per heavy atom. The van der Waals surface area contributed by atoms with Gasteiger partial charge in [0.2, 0.25) is 0 Å². The van der Waals surface area contributed by atoms with Gasteiger partial charge in [-0.05, 0) is 42.3 Å². The predicted octanol–water partition coefficient (Wildman–Crippen LogP) is 2.50. The minimum Gasteiger partial charge on any atom is -0.497 e. The molecule has 0 radical (unpaired) electrons. The summed E-state index contributed by atoms with van der Waals surface area (Å²) in [6.07, 6.45) is 0.109. The summed E-state index contributed by atoms with van der Waals surface area (Å²) < 4.78 is 15.4. The summed E-state index contributed by atoms with van der Waals surface area (Å²) in [7, 11) is 1.60. The Morgan fingerprint density at radius 1 is 0.923 bits per heavy atom. The van der Waals surface area contributed by atoms with E-state index < -0.39 is 5.97 Å². The van der Waals surface area contributed by atoms with Crippen LogP contribution in [0.25, 0.3) is 0 Å². The molecule has 1 N–H and O–H groups in total. The van der Waals surface area contributed by atoms with Crippen molar-refractivity contribution in [1.29, 1.82) is 0 Å². The second kappa shape index (κ2) is 10.1. The van der Waals surface area contributed by atoms with E-state index in [9.17, 15) is 9.59 Å². The summed E-state index contributed by atoms with van der Waals surface area (Å²) in [5.74, 6) is 0.709. The van der Waals surface area contributed by atoms with Crippen LogP contribution in [0.4, 0.5) is 0 Å². The molecule has 2 aromatic carbocycles. The standard InChI is InChI=1S/C20H23NO5/c1-3-25-18-10-4-15(5-11-18)12-20(23)26-14-19(22)21-13-16-6-8-17(24-2)9-7-16/h4-11H,3,12-14H2,1-2H3,(H,21,22). The van der Waals surface area contributed by atoms with E-state index in [-0.39, 0.29) is 18.9 Å². The van der Waals surface area contributed by atoms with Gasteiger partial charge in [-0.15, -0.1) is 0 Å². The molecule has 0 aromatic heterocycles. The van der Waals surface area contributed by atoms with E-state index in [2.05, 4.69) is 5.32 Å². The normalized spacial score (nSPS) is 10.1. The van der Waals surface area contributed by atoms with Crippen molar-refractivity contribution in [2.75, 3.05) is 20.3 Å². The first-order chi connectivity index (χ1) is 12.6. The lowest BCUT2D eigenvalue weighted by Gasteiger charge is -2.08. The molecule has 0 saturated carbocycles. The van der Waals surface area contributed by atoms with Crippen LogP contribution in [0, 0.1) is 0 Å². The van der Waals surface area contributed by atoms with E-state index in [4.69, 9.17) is 14.2 Å². The Morgan fingerprint density at radius 2 is 1.54 bits per heavy atom. The number of rotatable bonds is 9. The number of ether oxygens (including phenoxy) is 3. The molecule has 0 unspecified atom stereocenters. The van der Waals surface area contributed by atoms with Gasteiger partial charge in [0.1, 0.15) is 11.5 Å². The fraction of sp³-hybridized carbons (Fsp3) is 0.300. The average Bonchev–Trinajstić information content (AvgIpc) is 2.67. The molecule has 6 nitrogen and oxygen atoms in total. The van der Waals surface area contributed by atoms with Crippen molar-refractivity contribution in [2.24, 2.45) is 0 Å². The van der Waals surface area contributed by atoms with Gasteiger partial charge in [-0.2, -0.15) is 0 Å². The summed E-state index contributed by atoms with van der Waals surface area (Å²) in [5, 5.41) is 2.70. The van der Waals surface area contributed by atoms with Gasteiger partial charge < -0.3 is 19.5 Å². The number of hydrogen-bond donors (Lipinski definition) is 1. The molecule has 138 valence electrons. The number of hydrogen-bond acceptors (Lipinski definition) is 5. The smallest absolute Gasteiger partial charge is 0.310 e. The highest BCUT2D eigenvalue weighted by Crippen LogP contribution is 2.13. The van der Waals surface area contributed by atoms with Crippen molar-refractivity contribution in [3.05, 3.63) is 59.7 Å². The van der Waals surface area contributed by atoms with Crippen molar-refractivity contribution in [3.63, 3.8) is 0 Å². The fourth-order valence-corrected chi connectivity index (χ4v) is 2.23. The van der Waals surface area contributed by atoms with Crippen LogP contribution >= 0.6 is 0 Å². The van der Waals surface area contributed by atoms with Crippen LogP contribution in [0.15, 0.2) is 48.5 Å². The molecule has 1 amide bonds. The third-order valence-corrected chi connectivity index (χ3v) is 3.60. The van der Waals surface area contributed by atoms with Crippen LogP contribution in [0.2, 0.25) is 0 Å². The molecular formula is C20H23NO5. The summed E-state index contributed by atoms with van der Waals surface area (Å²) in [6, 6.07) is 14.6. The summed E-state index contributed by atoms with van der Waals surface area (Å²) >= 11 is 0. The highest BCUT2D eigenvalue weighted by molar-refractivity contribution is 5.81. The molecule has 0 aliphatic rings. The molecule has 0 aliphatic heterocycles. The molecule has 0 atom stereocenters. The van der Waals surface area contributed by atoms with Crippen LogP contribution in [0.5, 0.6) is 11.5 Å². The maximum Gasteiger partial charge on any atom is 0.310 e. The number of methoxy groups -OCH3 is 1. The van der Waals surface area contributed by atoms with Crippen molar-refractivity contribution in [2.45, 2.75) is 19.9 Å². The highest BCUT2D eigenvalue weighted by atomic mass is 16.5. The van der Waals surface area contributed by atoms with Crippen molar-refractivity contribution < 1.29 is 23.8 Å². The Balaban J connectivity index is 1.69. The Labute approximate surface area is 153 Å². The third-order valence-electron chi connectivity index (χ3n) is 3.60. The first-order valence-electron chi connectivity index (χ1n) is 8.37. The van der Waals surface area contributed by atoms with Crippen LogP contribution in [-0.2, 0) is 27.3 Å². The lowest BCUT2D eigenvalue weighted by molar-refractivity contribution is -0.147. The maximum absolute atomic E-state index is 11.8. The average molecular weight is 357 g/mol. The molecule has 0 saturated heterocycles. The molecule has 6 heteroatoms. The van der Waals surface area contributed by atoms with E-state index >= 15 is 0 Å². The Kier molecular flexibility index (Phi) is 7.49. The molecular weight excluding hydrogens is 334 g/mol. The zero-order valence-electron chi connectivity index (χ0n) is 15.0. The van der Waals surface area contributed by atoms with E-state index in [1.54, 1.807) is 31.4 Å². The van der Waals surface area contributed by atoms with Gasteiger partial charge in [-0.25, -0.2) is 0 Å². The first-order valence-corrected chi connectivity index (χ1v) is 8.37. The van der Waals surface area contributed by atoms with E-state index in [1.807, 2.05) is 31.2 Å². The molecule has 2 rings (SSSR count). The third kappa shape index (κ3) is 6.47. The monoisotopic (exact) mass is 357 g/mol. The summed E-state index contributed by atoms with van der Waals surface area (Å²) in [5.41, 5.74) is 1.73. The van der Waals surface area contributed by atoms with Gasteiger partial charge in [-0.1, -0.05) is 24.3 Å². The van der Waals surface area contributed by atoms with Crippen LogP contribution in [0.3, 0.4) is 0 Å². The van der Waals surface area contributed by atoms with Crippen molar-refractivity contribution in [3.8, 4) is 11.5 Å². The zero-order chi connectivity index (χ0) is 18.8. The topological polar surface area (TPSA) is 73.9 Å². The van der Waals surface area contributed by atoms with Gasteiger partial charge in [0.25, 0.3) is 5.91 Å². The van der Waals surface area contributed by atoms with Gasteiger partial charge in [-0.3, -0.25) is 9.59 Å². The van der Waals surface area contributed by atoms with Crippen molar-refractivity contribution in [1.82, 2.24) is 5.32 Å². The van der Waals surface area contributed by atoms with Crippen molar-refractivity contribution >= 4 is 11.9 Å². The van der Waals surface area contributed by atoms with E-state index in [0.29, 0.717) is 13.2 Å². The minimum absolute atomic E-state index is 0.109. The number of nitrogens with one attached hydrogen (secondary N) is 1. The van der Waals surface area contributed by atoms with Gasteiger partial charge in [0.05, 0.1) is 20.1 Å². The predicted molar refractivity (Wildman–Crippen MR) is 97.1 cm³/mol. The fourth-order valence-electron chi connectivity index (χ4n) is 2.23. The quantitative estimate of drug-likeness (QED) is 0.698. The molecule has 0 heterocycles. The molecule has 0 fully saturated rings. The second-order valence-corrected chi connectivity index (χ2v) is 5.54. The van der Waals surface area contributed by atoms with E-state index in [1.165, 1.54) is 0 Å². The Hall–Kier alpha value is -3.02. The number of esters is 1. The largest absolute Gasteiger partial charge is 0.497 e. The first kappa shape index (κ1) is 19.3. The second-order valence-electron chi connectivity index (χ2n) is 5.54. The number of carbonyl (C=O) groups excluding carboxylic acids is 2. The highest BCUT2D eigenvalue weighted by Gasteiger charge is 2.09. The van der Waals surface area contributed by atoms with Crippen LogP contribution in [0.1, 0.15) is 18.1 Å². The number of amides is 1. The van der Waals surface area contributed by atoms with Gasteiger partial charge in [0, 0.05) is 6.54 Å². The SMILES string of the molecule is CCOc1ccc(CC(=O)OCC(=O)NCc2ccc(OC)cc2)cc1. The Bertz CT molecular complexity index is 710. The molecule has 0 bridgehead atoms. The maximum atomic E-state index is 11.8. The molecule has 26 heavy (non-hydrogen) atoms. The summed E-state index contributed by atoms with van der Waals surface area (Å²) in [6.45, 7) is 2.56. The number of carbonyl (C=O) groups is 2. The zero-order valence-corrected chi connectivity index (χ0v) is 15.0. The number of benzene rings is 2. The minimum atomic E-state index is -0.450. The lowest BCUT2D eigenvalue weighted by Crippen LogP contribution is -2.28. The van der Waals surface area contributed by atoms with Crippen LogP contribution in [-0.4, -0.2) is 32.2 Å². The van der Waals surface area contributed by atoms with Crippen LogP contribution < -0.4 is 14.8 Å².